The number of amides is 3. The van der Waals surface area contributed by atoms with Crippen molar-refractivity contribution in [2.75, 3.05) is 9.80 Å². The zero-order chi connectivity index (χ0) is 20.2. The highest BCUT2D eigenvalue weighted by atomic mass is 35.5. The van der Waals surface area contributed by atoms with Crippen LogP contribution in [0.3, 0.4) is 0 Å². The molecule has 1 aliphatic heterocycles. The standard InChI is InChI=1S/C20H19ClN4O3/c1-11-15(7-6-14(10-22)16(11)21)24-18(26)20(8-4-5-9-20)25(19(24)27)17-12(2)23-28-13(17)3/h6-7H,4-5,8-9H2,1-3H3. The molecule has 7 nitrogen and oxygen atoms in total. The highest BCUT2D eigenvalue weighted by Gasteiger charge is 2.60. The van der Waals surface area contributed by atoms with Crippen LogP contribution in [-0.2, 0) is 4.79 Å². The SMILES string of the molecule is Cc1noc(C)c1N1C(=O)N(c2ccc(C#N)c(Cl)c2C)C(=O)C12CCCC2. The van der Waals surface area contributed by atoms with Gasteiger partial charge in [-0.2, -0.15) is 5.26 Å². The summed E-state index contributed by atoms with van der Waals surface area (Å²) in [7, 11) is 0. The van der Waals surface area contributed by atoms with Crippen LogP contribution in [0.25, 0.3) is 0 Å². The highest BCUT2D eigenvalue weighted by Crippen LogP contribution is 2.48. The Kier molecular flexibility index (Phi) is 4.20. The van der Waals surface area contributed by atoms with E-state index < -0.39 is 11.6 Å². The second kappa shape index (κ2) is 6.35. The lowest BCUT2D eigenvalue weighted by Gasteiger charge is -2.30. The number of carbonyl (C=O) groups is 2. The molecule has 1 saturated carbocycles. The molecule has 2 heterocycles. The van der Waals surface area contributed by atoms with Crippen molar-refractivity contribution in [3.05, 3.63) is 39.7 Å². The normalized spacial score (nSPS) is 18.4. The second-order valence-electron chi connectivity index (χ2n) is 7.35. The van der Waals surface area contributed by atoms with Crippen molar-refractivity contribution in [3.63, 3.8) is 0 Å². The summed E-state index contributed by atoms with van der Waals surface area (Å²) >= 11 is 6.30. The van der Waals surface area contributed by atoms with E-state index in [2.05, 4.69) is 5.16 Å². The first-order valence-corrected chi connectivity index (χ1v) is 9.52. The molecule has 4 rings (SSSR count). The van der Waals surface area contributed by atoms with E-state index in [0.717, 1.165) is 12.8 Å². The van der Waals surface area contributed by atoms with Gasteiger partial charge in [0.05, 0.1) is 16.3 Å². The minimum Gasteiger partial charge on any atom is -0.359 e. The van der Waals surface area contributed by atoms with Crippen LogP contribution >= 0.6 is 11.6 Å². The topological polar surface area (TPSA) is 90.4 Å². The van der Waals surface area contributed by atoms with Gasteiger partial charge in [-0.05, 0) is 51.3 Å². The van der Waals surface area contributed by atoms with E-state index in [1.165, 1.54) is 11.0 Å². The number of aryl methyl sites for hydroxylation is 2. The maximum absolute atomic E-state index is 13.6. The minimum atomic E-state index is -0.940. The summed E-state index contributed by atoms with van der Waals surface area (Å²) < 4.78 is 5.28. The number of anilines is 2. The Labute approximate surface area is 167 Å². The molecule has 2 fully saturated rings. The van der Waals surface area contributed by atoms with Crippen LogP contribution in [0.5, 0.6) is 0 Å². The molecular formula is C20H19ClN4O3. The molecule has 2 aromatic rings. The quantitative estimate of drug-likeness (QED) is 0.699. The van der Waals surface area contributed by atoms with Crippen molar-refractivity contribution in [3.8, 4) is 6.07 Å². The second-order valence-corrected chi connectivity index (χ2v) is 7.73. The maximum Gasteiger partial charge on any atom is 0.337 e. The molecule has 144 valence electrons. The van der Waals surface area contributed by atoms with Gasteiger partial charge in [-0.3, -0.25) is 9.69 Å². The fourth-order valence-corrected chi connectivity index (χ4v) is 4.60. The number of halogens is 1. The number of urea groups is 1. The largest absolute Gasteiger partial charge is 0.359 e. The van der Waals surface area contributed by atoms with Crippen molar-refractivity contribution in [1.82, 2.24) is 5.16 Å². The monoisotopic (exact) mass is 398 g/mol. The molecule has 0 unspecified atom stereocenters. The highest BCUT2D eigenvalue weighted by molar-refractivity contribution is 6.35. The molecule has 8 heteroatoms. The number of benzene rings is 1. The molecule has 1 saturated heterocycles. The van der Waals surface area contributed by atoms with Gasteiger partial charge < -0.3 is 4.52 Å². The third-order valence-corrected chi connectivity index (χ3v) is 6.27. The third kappa shape index (κ3) is 2.31. The van der Waals surface area contributed by atoms with Gasteiger partial charge >= 0.3 is 6.03 Å². The smallest absolute Gasteiger partial charge is 0.337 e. The molecular weight excluding hydrogens is 380 g/mol. The third-order valence-electron chi connectivity index (χ3n) is 5.78. The Hall–Kier alpha value is -2.85. The van der Waals surface area contributed by atoms with Crippen LogP contribution in [0, 0.1) is 32.1 Å². The number of hydrogen-bond acceptors (Lipinski definition) is 5. The fraction of sp³-hybridized carbons (Fsp3) is 0.400. The predicted octanol–water partition coefficient (Wildman–Crippen LogP) is 4.41. The lowest BCUT2D eigenvalue weighted by molar-refractivity contribution is -0.121. The van der Waals surface area contributed by atoms with Gasteiger partial charge in [-0.25, -0.2) is 9.69 Å². The fourth-order valence-electron chi connectivity index (χ4n) is 4.39. The van der Waals surface area contributed by atoms with Crippen LogP contribution in [0.2, 0.25) is 5.02 Å². The summed E-state index contributed by atoms with van der Waals surface area (Å²) in [5.74, 6) is 0.236. The summed E-state index contributed by atoms with van der Waals surface area (Å²) in [6, 6.07) is 4.72. The molecule has 28 heavy (non-hydrogen) atoms. The summed E-state index contributed by atoms with van der Waals surface area (Å²) in [6.45, 7) is 5.21. The Balaban J connectivity index is 1.91. The van der Waals surface area contributed by atoms with Crippen LogP contribution < -0.4 is 9.80 Å². The van der Waals surface area contributed by atoms with E-state index in [-0.39, 0.29) is 10.9 Å². The van der Waals surface area contributed by atoms with Crippen LogP contribution in [-0.4, -0.2) is 22.6 Å². The molecule has 0 radical (unpaired) electrons. The van der Waals surface area contributed by atoms with E-state index in [1.54, 1.807) is 31.7 Å². The Morgan fingerprint density at radius 3 is 2.46 bits per heavy atom. The van der Waals surface area contributed by atoms with Crippen molar-refractivity contribution in [1.29, 1.82) is 5.26 Å². The molecule has 1 aromatic heterocycles. The molecule has 0 N–H and O–H groups in total. The van der Waals surface area contributed by atoms with Gasteiger partial charge in [0.2, 0.25) is 0 Å². The van der Waals surface area contributed by atoms with Crippen molar-refractivity contribution >= 4 is 34.9 Å². The van der Waals surface area contributed by atoms with Gasteiger partial charge in [-0.1, -0.05) is 29.6 Å². The summed E-state index contributed by atoms with van der Waals surface area (Å²) in [4.78, 5) is 29.9. The summed E-state index contributed by atoms with van der Waals surface area (Å²) in [5.41, 5.74) is 1.42. The van der Waals surface area contributed by atoms with Crippen molar-refractivity contribution in [2.24, 2.45) is 0 Å². The van der Waals surface area contributed by atoms with Gasteiger partial charge in [-0.15, -0.1) is 0 Å². The first kappa shape index (κ1) is 18.5. The Morgan fingerprint density at radius 1 is 1.21 bits per heavy atom. The van der Waals surface area contributed by atoms with E-state index in [9.17, 15) is 14.9 Å². The molecule has 0 atom stereocenters. The van der Waals surface area contributed by atoms with Crippen LogP contribution in [0.15, 0.2) is 16.7 Å². The number of carbonyl (C=O) groups excluding carboxylic acids is 2. The van der Waals surface area contributed by atoms with Gasteiger partial charge in [0.1, 0.15) is 23.0 Å². The Morgan fingerprint density at radius 2 is 1.89 bits per heavy atom. The van der Waals surface area contributed by atoms with Gasteiger partial charge in [0, 0.05) is 0 Å². The zero-order valence-electron chi connectivity index (χ0n) is 15.9. The van der Waals surface area contributed by atoms with Gasteiger partial charge in [0.15, 0.2) is 5.76 Å². The lowest BCUT2D eigenvalue weighted by atomic mass is 9.94. The number of aromatic nitrogens is 1. The average molecular weight is 399 g/mol. The lowest BCUT2D eigenvalue weighted by Crippen LogP contribution is -2.48. The average Bonchev–Trinajstić information content (AvgIpc) is 3.33. The summed E-state index contributed by atoms with van der Waals surface area (Å²) in [5, 5.41) is 13.4. The number of hydrogen-bond donors (Lipinski definition) is 0. The molecule has 1 aliphatic carbocycles. The van der Waals surface area contributed by atoms with Crippen molar-refractivity contribution < 1.29 is 14.1 Å². The maximum atomic E-state index is 13.6. The van der Waals surface area contributed by atoms with E-state index in [0.29, 0.717) is 46.8 Å². The number of imide groups is 1. The Bertz CT molecular complexity index is 1030. The minimum absolute atomic E-state index is 0.247. The van der Waals surface area contributed by atoms with E-state index in [1.807, 2.05) is 6.07 Å². The van der Waals surface area contributed by atoms with Crippen LogP contribution in [0.1, 0.15) is 48.3 Å². The van der Waals surface area contributed by atoms with E-state index in [4.69, 9.17) is 16.1 Å². The first-order valence-electron chi connectivity index (χ1n) is 9.14. The molecule has 1 spiro atoms. The number of nitriles is 1. The molecule has 1 aromatic carbocycles. The first-order chi connectivity index (χ1) is 13.3. The molecule has 2 aliphatic rings. The predicted molar refractivity (Wildman–Crippen MR) is 103 cm³/mol. The van der Waals surface area contributed by atoms with Crippen LogP contribution in [0.4, 0.5) is 16.2 Å². The van der Waals surface area contributed by atoms with E-state index >= 15 is 0 Å². The molecule has 3 amide bonds. The van der Waals surface area contributed by atoms with Crippen molar-refractivity contribution in [2.45, 2.75) is 52.0 Å². The number of nitrogens with zero attached hydrogens (tertiary/aromatic N) is 4. The number of rotatable bonds is 2. The molecule has 0 bridgehead atoms. The zero-order valence-corrected chi connectivity index (χ0v) is 16.6. The van der Waals surface area contributed by atoms with Gasteiger partial charge in [0.25, 0.3) is 5.91 Å². The summed E-state index contributed by atoms with van der Waals surface area (Å²) in [6.07, 6.45) is 2.89.